The Hall–Kier alpha value is -3.44. The third-order valence-corrected chi connectivity index (χ3v) is 6.23. The van der Waals surface area contributed by atoms with Gasteiger partial charge in [0.05, 0.1) is 44.0 Å². The van der Waals surface area contributed by atoms with Crippen molar-refractivity contribution in [3.05, 3.63) is 52.8 Å². The fraction of sp³-hybridized carbons (Fsp3) is 0.238. The smallest absolute Gasteiger partial charge is 0.255 e. The second-order valence-corrected chi connectivity index (χ2v) is 8.52. The van der Waals surface area contributed by atoms with Crippen molar-refractivity contribution < 1.29 is 4.79 Å². The normalized spacial score (nSPS) is 14.2. The maximum Gasteiger partial charge on any atom is 0.255 e. The van der Waals surface area contributed by atoms with Gasteiger partial charge in [0.1, 0.15) is 0 Å². The second kappa shape index (κ2) is 6.57. The number of carbonyl (C=O) groups is 1. The number of aryl methyl sites for hydroxylation is 2. The number of aromatic nitrogens is 3. The molecule has 1 aliphatic rings. The molecule has 1 aromatic carbocycles. The second-order valence-electron chi connectivity index (χ2n) is 7.28. The van der Waals surface area contributed by atoms with Crippen molar-refractivity contribution >= 4 is 44.4 Å². The van der Waals surface area contributed by atoms with Gasteiger partial charge in [0, 0.05) is 31.2 Å². The van der Waals surface area contributed by atoms with E-state index in [1.165, 1.54) is 0 Å². The molecule has 4 heterocycles. The molecule has 0 saturated carbocycles. The summed E-state index contributed by atoms with van der Waals surface area (Å²) in [5.74, 6) is -0.110. The van der Waals surface area contributed by atoms with Crippen molar-refractivity contribution in [3.63, 3.8) is 0 Å². The Morgan fingerprint density at radius 1 is 1.31 bits per heavy atom. The number of carbonyl (C=O) groups excluding carboxylic acids is 1. The molecular formula is C21H18N6OS. The van der Waals surface area contributed by atoms with Gasteiger partial charge in [0.15, 0.2) is 0 Å². The third kappa shape index (κ3) is 2.91. The van der Waals surface area contributed by atoms with Gasteiger partial charge in [0.2, 0.25) is 0 Å². The van der Waals surface area contributed by atoms with Crippen LogP contribution in [0.2, 0.25) is 0 Å². The fourth-order valence-corrected chi connectivity index (χ4v) is 4.55. The summed E-state index contributed by atoms with van der Waals surface area (Å²) in [5.41, 5.74) is 5.13. The minimum Gasteiger partial charge on any atom is -0.354 e. The maximum absolute atomic E-state index is 12.8. The highest BCUT2D eigenvalue weighted by Gasteiger charge is 2.32. The topological polar surface area (TPSA) is 86.3 Å². The summed E-state index contributed by atoms with van der Waals surface area (Å²) in [5, 5.41) is 17.8. The van der Waals surface area contributed by atoms with Crippen molar-refractivity contribution in [1.29, 1.82) is 5.26 Å². The van der Waals surface area contributed by atoms with E-state index in [9.17, 15) is 4.79 Å². The molecule has 144 valence electrons. The number of nitrogens with zero attached hydrogens (tertiary/aromatic N) is 5. The summed E-state index contributed by atoms with van der Waals surface area (Å²) in [6.45, 7) is 4.92. The Morgan fingerprint density at radius 3 is 2.93 bits per heavy atom. The largest absolute Gasteiger partial charge is 0.354 e. The zero-order chi connectivity index (χ0) is 20.1. The highest BCUT2D eigenvalue weighted by Crippen LogP contribution is 2.31. The van der Waals surface area contributed by atoms with E-state index in [-0.39, 0.29) is 11.8 Å². The van der Waals surface area contributed by atoms with E-state index in [0.717, 1.165) is 37.7 Å². The van der Waals surface area contributed by atoms with Gasteiger partial charge in [-0.3, -0.25) is 4.79 Å². The Morgan fingerprint density at radius 2 is 2.14 bits per heavy atom. The van der Waals surface area contributed by atoms with Crippen molar-refractivity contribution in [2.24, 2.45) is 5.92 Å². The van der Waals surface area contributed by atoms with Crippen LogP contribution in [0.5, 0.6) is 0 Å². The van der Waals surface area contributed by atoms with E-state index in [0.29, 0.717) is 18.7 Å². The van der Waals surface area contributed by atoms with Crippen LogP contribution in [0.1, 0.15) is 20.9 Å². The molecule has 0 bridgehead atoms. The van der Waals surface area contributed by atoms with E-state index in [2.05, 4.69) is 27.5 Å². The van der Waals surface area contributed by atoms with Crippen LogP contribution in [0.25, 0.3) is 15.7 Å². The molecule has 1 fully saturated rings. The number of benzene rings is 1. The van der Waals surface area contributed by atoms with Gasteiger partial charge in [-0.25, -0.2) is 9.50 Å². The lowest BCUT2D eigenvalue weighted by Gasteiger charge is -2.35. The molecule has 5 rings (SSSR count). The summed E-state index contributed by atoms with van der Waals surface area (Å²) in [6, 6.07) is 10.2. The number of thiazole rings is 1. The molecule has 1 amide bonds. The minimum absolute atomic E-state index is 0.0511. The number of hydrogen-bond acceptors (Lipinski definition) is 6. The molecule has 0 radical (unpaired) electrons. The predicted molar refractivity (Wildman–Crippen MR) is 113 cm³/mol. The number of nitrogens with one attached hydrogen (secondary N) is 1. The van der Waals surface area contributed by atoms with Crippen LogP contribution in [0.3, 0.4) is 0 Å². The van der Waals surface area contributed by atoms with E-state index < -0.39 is 0 Å². The molecule has 4 aromatic rings. The number of likely N-dealkylation sites (tertiary alicyclic amines) is 1. The molecule has 0 aliphatic carbocycles. The number of nitriles is 1. The Kier molecular flexibility index (Phi) is 4.00. The van der Waals surface area contributed by atoms with Crippen molar-refractivity contribution in [1.82, 2.24) is 19.5 Å². The number of amides is 1. The van der Waals surface area contributed by atoms with Crippen LogP contribution in [0, 0.1) is 31.1 Å². The van der Waals surface area contributed by atoms with Gasteiger partial charge in [0.25, 0.3) is 5.91 Å². The Bertz CT molecular complexity index is 1310. The van der Waals surface area contributed by atoms with Crippen molar-refractivity contribution in [2.45, 2.75) is 13.8 Å². The minimum atomic E-state index is -0.0593. The van der Waals surface area contributed by atoms with Crippen LogP contribution in [-0.4, -0.2) is 38.5 Å². The first-order valence-corrected chi connectivity index (χ1v) is 10.1. The summed E-state index contributed by atoms with van der Waals surface area (Å²) in [7, 11) is 0. The molecule has 1 aliphatic heterocycles. The highest BCUT2D eigenvalue weighted by molar-refractivity contribution is 7.18. The number of hydrogen-bond donors (Lipinski definition) is 1. The maximum atomic E-state index is 12.8. The van der Waals surface area contributed by atoms with Crippen molar-refractivity contribution in [3.8, 4) is 6.07 Å². The van der Waals surface area contributed by atoms with Crippen LogP contribution >= 0.6 is 11.3 Å². The van der Waals surface area contributed by atoms with Crippen molar-refractivity contribution in [2.75, 3.05) is 18.4 Å². The molecule has 0 unspecified atom stereocenters. The number of fused-ring (bicyclic) bond motifs is 2. The quantitative estimate of drug-likeness (QED) is 0.562. The Balaban J connectivity index is 1.50. The first-order chi connectivity index (χ1) is 14.0. The molecule has 29 heavy (non-hydrogen) atoms. The monoisotopic (exact) mass is 402 g/mol. The zero-order valence-electron chi connectivity index (χ0n) is 16.0. The van der Waals surface area contributed by atoms with Gasteiger partial charge in [-0.2, -0.15) is 10.4 Å². The third-order valence-electron chi connectivity index (χ3n) is 5.28. The standard InChI is InChI=1S/C21H18N6OS/c1-12-16(21(28)26-9-14(8-22)10-26)11-27-20(12)17(5-6-23-27)25-15-3-4-19-18(7-15)24-13(2)29-19/h3-7,11,14,25H,9-10H2,1-2H3. The summed E-state index contributed by atoms with van der Waals surface area (Å²) < 4.78 is 2.89. The van der Waals surface area contributed by atoms with Crippen LogP contribution in [-0.2, 0) is 0 Å². The SMILES string of the molecule is Cc1nc2cc(Nc3ccnn4cc(C(=O)N5CC(C#N)C5)c(C)c34)ccc2s1. The lowest BCUT2D eigenvalue weighted by atomic mass is 10.0. The first-order valence-electron chi connectivity index (χ1n) is 9.33. The van der Waals surface area contributed by atoms with Gasteiger partial charge >= 0.3 is 0 Å². The lowest BCUT2D eigenvalue weighted by molar-refractivity contribution is 0.0576. The number of anilines is 2. The first kappa shape index (κ1) is 17.6. The van der Waals surface area contributed by atoms with E-state index >= 15 is 0 Å². The molecule has 3 aromatic heterocycles. The van der Waals surface area contributed by atoms with Gasteiger partial charge in [-0.15, -0.1) is 11.3 Å². The molecule has 8 heteroatoms. The summed E-state index contributed by atoms with van der Waals surface area (Å²) in [4.78, 5) is 19.1. The Labute approximate surface area is 171 Å². The van der Waals surface area contributed by atoms with Crippen LogP contribution in [0.4, 0.5) is 11.4 Å². The molecule has 0 spiro atoms. The summed E-state index contributed by atoms with van der Waals surface area (Å²) in [6.07, 6.45) is 3.48. The van der Waals surface area contributed by atoms with Gasteiger partial charge in [-0.1, -0.05) is 0 Å². The zero-order valence-corrected chi connectivity index (χ0v) is 16.8. The average Bonchev–Trinajstić information content (AvgIpc) is 3.20. The van der Waals surface area contributed by atoms with Gasteiger partial charge in [-0.05, 0) is 43.7 Å². The van der Waals surface area contributed by atoms with Crippen LogP contribution in [0.15, 0.2) is 36.7 Å². The lowest BCUT2D eigenvalue weighted by Crippen LogP contribution is -2.49. The van der Waals surface area contributed by atoms with E-state index in [1.54, 1.807) is 33.1 Å². The molecular weight excluding hydrogens is 384 g/mol. The molecule has 0 atom stereocenters. The van der Waals surface area contributed by atoms with Crippen LogP contribution < -0.4 is 5.32 Å². The predicted octanol–water partition coefficient (Wildman–Crippen LogP) is 3.90. The molecule has 1 saturated heterocycles. The van der Waals surface area contributed by atoms with E-state index in [1.807, 2.05) is 32.0 Å². The average molecular weight is 402 g/mol. The van der Waals surface area contributed by atoms with Gasteiger partial charge < -0.3 is 10.2 Å². The molecule has 1 N–H and O–H groups in total. The number of rotatable bonds is 3. The van der Waals surface area contributed by atoms with E-state index in [4.69, 9.17) is 5.26 Å². The fourth-order valence-electron chi connectivity index (χ4n) is 3.75. The highest BCUT2D eigenvalue weighted by atomic mass is 32.1. The summed E-state index contributed by atoms with van der Waals surface area (Å²) >= 11 is 1.68. The molecule has 7 nitrogen and oxygen atoms in total.